The number of nitriles is 1. The number of nitrogens with zero attached hydrogens (tertiary/aromatic N) is 1. The fourth-order valence-corrected chi connectivity index (χ4v) is 2.94. The summed E-state index contributed by atoms with van der Waals surface area (Å²) in [5.74, 6) is 0. The smallest absolute Gasteiger partial charge is 0.101 e. The van der Waals surface area contributed by atoms with Gasteiger partial charge in [0, 0.05) is 10.6 Å². The van der Waals surface area contributed by atoms with E-state index < -0.39 is 0 Å². The molecule has 1 aromatic heterocycles. The summed E-state index contributed by atoms with van der Waals surface area (Å²) >= 11 is 7.65. The summed E-state index contributed by atoms with van der Waals surface area (Å²) in [6.07, 6.45) is 0. The second-order valence-corrected chi connectivity index (χ2v) is 5.50. The summed E-state index contributed by atoms with van der Waals surface area (Å²) in [6.45, 7) is 4.21. The van der Waals surface area contributed by atoms with E-state index in [9.17, 15) is 0 Å². The molecule has 0 aliphatic rings. The van der Waals surface area contributed by atoms with E-state index in [1.54, 1.807) is 23.5 Å². The first-order chi connectivity index (χ1) is 8.61. The van der Waals surface area contributed by atoms with Crippen LogP contribution in [0.2, 0.25) is 5.02 Å². The average molecular weight is 277 g/mol. The molecule has 18 heavy (non-hydrogen) atoms. The Bertz CT molecular complexity index is 598. The van der Waals surface area contributed by atoms with E-state index in [1.165, 1.54) is 10.4 Å². The van der Waals surface area contributed by atoms with E-state index in [2.05, 4.69) is 36.7 Å². The van der Waals surface area contributed by atoms with Crippen LogP contribution in [0.4, 0.5) is 5.69 Å². The normalized spacial score (nSPS) is 11.9. The standard InChI is InChI=1S/C14H13ClN2S/c1-9-5-6-18-14(9)10(2)17-12-3-4-13(15)11(7-12)8-16/h3-7,10,17H,1-2H3. The summed E-state index contributed by atoms with van der Waals surface area (Å²) in [6, 6.07) is 9.84. The highest BCUT2D eigenvalue weighted by Gasteiger charge is 2.10. The molecule has 92 valence electrons. The number of benzene rings is 1. The number of thiophene rings is 1. The minimum atomic E-state index is 0.220. The van der Waals surface area contributed by atoms with Gasteiger partial charge in [-0.15, -0.1) is 11.3 Å². The lowest BCUT2D eigenvalue weighted by Crippen LogP contribution is -2.06. The van der Waals surface area contributed by atoms with Crippen molar-refractivity contribution in [3.63, 3.8) is 0 Å². The van der Waals surface area contributed by atoms with Crippen molar-refractivity contribution in [3.8, 4) is 6.07 Å². The van der Waals surface area contributed by atoms with Crippen molar-refractivity contribution >= 4 is 28.6 Å². The van der Waals surface area contributed by atoms with Crippen LogP contribution in [0.3, 0.4) is 0 Å². The van der Waals surface area contributed by atoms with Gasteiger partial charge in [0.2, 0.25) is 0 Å². The molecule has 0 saturated carbocycles. The second kappa shape index (κ2) is 5.43. The molecule has 0 fully saturated rings. The molecule has 2 aromatic rings. The largest absolute Gasteiger partial charge is 0.378 e. The van der Waals surface area contributed by atoms with Crippen LogP contribution < -0.4 is 5.32 Å². The Morgan fingerprint density at radius 1 is 1.39 bits per heavy atom. The van der Waals surface area contributed by atoms with E-state index in [0.717, 1.165) is 5.69 Å². The Morgan fingerprint density at radius 3 is 2.78 bits per heavy atom. The molecule has 1 N–H and O–H groups in total. The van der Waals surface area contributed by atoms with Gasteiger partial charge in [0.25, 0.3) is 0 Å². The topological polar surface area (TPSA) is 35.8 Å². The zero-order chi connectivity index (χ0) is 13.1. The van der Waals surface area contributed by atoms with Gasteiger partial charge < -0.3 is 5.32 Å². The van der Waals surface area contributed by atoms with Crippen LogP contribution in [0, 0.1) is 18.3 Å². The van der Waals surface area contributed by atoms with E-state index in [4.69, 9.17) is 16.9 Å². The second-order valence-electron chi connectivity index (χ2n) is 4.14. The van der Waals surface area contributed by atoms with E-state index >= 15 is 0 Å². The van der Waals surface area contributed by atoms with Gasteiger partial charge in [0.1, 0.15) is 6.07 Å². The molecule has 0 amide bonds. The molecule has 0 spiro atoms. The highest BCUT2D eigenvalue weighted by Crippen LogP contribution is 2.28. The number of hydrogen-bond acceptors (Lipinski definition) is 3. The Balaban J connectivity index is 2.20. The van der Waals surface area contributed by atoms with Crippen LogP contribution in [0.15, 0.2) is 29.6 Å². The minimum Gasteiger partial charge on any atom is -0.378 e. The van der Waals surface area contributed by atoms with E-state index in [0.29, 0.717) is 10.6 Å². The maximum atomic E-state index is 8.94. The van der Waals surface area contributed by atoms with Gasteiger partial charge in [0.05, 0.1) is 16.6 Å². The molecule has 0 aliphatic carbocycles. The van der Waals surface area contributed by atoms with Gasteiger partial charge in [-0.05, 0) is 49.1 Å². The van der Waals surface area contributed by atoms with Crippen LogP contribution >= 0.6 is 22.9 Å². The monoisotopic (exact) mass is 276 g/mol. The van der Waals surface area contributed by atoms with Crippen LogP contribution in [0.25, 0.3) is 0 Å². The molecule has 2 rings (SSSR count). The lowest BCUT2D eigenvalue weighted by Gasteiger charge is -2.15. The molecule has 1 atom stereocenters. The molecule has 0 bridgehead atoms. The van der Waals surface area contributed by atoms with Crippen molar-refractivity contribution in [3.05, 3.63) is 50.7 Å². The third-order valence-electron chi connectivity index (χ3n) is 2.76. The maximum Gasteiger partial charge on any atom is 0.101 e. The molecule has 0 radical (unpaired) electrons. The summed E-state index contributed by atoms with van der Waals surface area (Å²) in [5.41, 5.74) is 2.70. The predicted molar refractivity (Wildman–Crippen MR) is 77.3 cm³/mol. The first kappa shape index (κ1) is 12.9. The van der Waals surface area contributed by atoms with Crippen molar-refractivity contribution in [2.24, 2.45) is 0 Å². The third kappa shape index (κ3) is 2.66. The Hall–Kier alpha value is -1.50. The Kier molecular flexibility index (Phi) is 3.90. The van der Waals surface area contributed by atoms with Gasteiger partial charge in [-0.3, -0.25) is 0 Å². The zero-order valence-corrected chi connectivity index (χ0v) is 11.8. The van der Waals surface area contributed by atoms with Crippen LogP contribution in [-0.2, 0) is 0 Å². The minimum absolute atomic E-state index is 0.220. The molecule has 1 heterocycles. The summed E-state index contributed by atoms with van der Waals surface area (Å²) in [5, 5.41) is 14.9. The molecule has 2 nitrogen and oxygen atoms in total. The van der Waals surface area contributed by atoms with Gasteiger partial charge >= 0.3 is 0 Å². The van der Waals surface area contributed by atoms with Crippen LogP contribution in [0.1, 0.15) is 29.0 Å². The highest BCUT2D eigenvalue weighted by molar-refractivity contribution is 7.10. The predicted octanol–water partition coefficient (Wildman–Crippen LogP) is 4.75. The molecule has 0 saturated heterocycles. The lowest BCUT2D eigenvalue weighted by molar-refractivity contribution is 0.899. The number of nitrogens with one attached hydrogen (secondary N) is 1. The first-order valence-electron chi connectivity index (χ1n) is 5.62. The van der Waals surface area contributed by atoms with Crippen LogP contribution in [-0.4, -0.2) is 0 Å². The fourth-order valence-electron chi connectivity index (χ4n) is 1.84. The molecular formula is C14H13ClN2S. The van der Waals surface area contributed by atoms with Crippen molar-refractivity contribution in [2.75, 3.05) is 5.32 Å². The molecule has 1 aromatic carbocycles. The lowest BCUT2D eigenvalue weighted by atomic mass is 10.1. The summed E-state index contributed by atoms with van der Waals surface area (Å²) in [4.78, 5) is 1.31. The number of aryl methyl sites for hydroxylation is 1. The third-order valence-corrected chi connectivity index (χ3v) is 4.30. The van der Waals surface area contributed by atoms with Crippen molar-refractivity contribution in [1.29, 1.82) is 5.26 Å². The average Bonchev–Trinajstić information content (AvgIpc) is 2.78. The maximum absolute atomic E-state index is 8.94. The van der Waals surface area contributed by atoms with E-state index in [1.807, 2.05) is 6.07 Å². The number of halogens is 1. The Morgan fingerprint density at radius 2 is 2.17 bits per heavy atom. The van der Waals surface area contributed by atoms with Crippen LogP contribution in [0.5, 0.6) is 0 Å². The molecule has 1 unspecified atom stereocenters. The SMILES string of the molecule is Cc1ccsc1C(C)Nc1ccc(Cl)c(C#N)c1. The number of hydrogen-bond donors (Lipinski definition) is 1. The molecule has 4 heteroatoms. The van der Waals surface area contributed by atoms with Gasteiger partial charge in [-0.25, -0.2) is 0 Å². The zero-order valence-electron chi connectivity index (χ0n) is 10.2. The van der Waals surface area contributed by atoms with Crippen molar-refractivity contribution in [1.82, 2.24) is 0 Å². The van der Waals surface area contributed by atoms with Gasteiger partial charge in [-0.2, -0.15) is 5.26 Å². The number of rotatable bonds is 3. The molecule has 0 aliphatic heterocycles. The van der Waals surface area contributed by atoms with Gasteiger partial charge in [-0.1, -0.05) is 11.6 Å². The molecular weight excluding hydrogens is 264 g/mol. The number of anilines is 1. The van der Waals surface area contributed by atoms with Gasteiger partial charge in [0.15, 0.2) is 0 Å². The van der Waals surface area contributed by atoms with E-state index in [-0.39, 0.29) is 6.04 Å². The first-order valence-corrected chi connectivity index (χ1v) is 6.87. The Labute approximate surface area is 116 Å². The fraction of sp³-hybridized carbons (Fsp3) is 0.214. The summed E-state index contributed by atoms with van der Waals surface area (Å²) < 4.78 is 0. The summed E-state index contributed by atoms with van der Waals surface area (Å²) in [7, 11) is 0. The van der Waals surface area contributed by atoms with Crippen molar-refractivity contribution in [2.45, 2.75) is 19.9 Å². The van der Waals surface area contributed by atoms with Crippen molar-refractivity contribution < 1.29 is 0 Å². The quantitative estimate of drug-likeness (QED) is 0.878. The highest BCUT2D eigenvalue weighted by atomic mass is 35.5.